The van der Waals surface area contributed by atoms with Crippen molar-refractivity contribution in [1.29, 1.82) is 0 Å². The van der Waals surface area contributed by atoms with Crippen molar-refractivity contribution < 1.29 is 8.78 Å². The highest BCUT2D eigenvalue weighted by Crippen LogP contribution is 2.28. The van der Waals surface area contributed by atoms with Crippen LogP contribution in [0.25, 0.3) is 11.3 Å². The van der Waals surface area contributed by atoms with Crippen LogP contribution in [0.5, 0.6) is 0 Å². The average Bonchev–Trinajstić information content (AvgIpc) is 2.67. The van der Waals surface area contributed by atoms with Gasteiger partial charge in [-0.25, -0.2) is 13.8 Å². The van der Waals surface area contributed by atoms with Gasteiger partial charge in [0, 0.05) is 11.9 Å². The Balaban J connectivity index is 2.42. The van der Waals surface area contributed by atoms with Gasteiger partial charge in [0.15, 0.2) is 5.13 Å². The van der Waals surface area contributed by atoms with Crippen molar-refractivity contribution in [2.75, 3.05) is 11.9 Å². The first-order valence-electron chi connectivity index (χ1n) is 4.86. The second-order valence-corrected chi connectivity index (χ2v) is 4.02. The van der Waals surface area contributed by atoms with Crippen molar-refractivity contribution in [3.05, 3.63) is 35.2 Å². The van der Waals surface area contributed by atoms with Gasteiger partial charge in [-0.2, -0.15) is 0 Å². The van der Waals surface area contributed by atoms with Crippen LogP contribution >= 0.6 is 11.3 Å². The maximum Gasteiger partial charge on any atom is 0.183 e. The first-order valence-corrected chi connectivity index (χ1v) is 5.74. The summed E-state index contributed by atoms with van der Waals surface area (Å²) < 4.78 is 26.9. The number of anilines is 1. The van der Waals surface area contributed by atoms with Crippen molar-refractivity contribution in [1.82, 2.24) is 4.98 Å². The number of nitrogens with one attached hydrogen (secondary N) is 1. The zero-order valence-electron chi connectivity index (χ0n) is 8.63. The quantitative estimate of drug-likeness (QED) is 0.887. The Morgan fingerprint density at radius 2 is 2.00 bits per heavy atom. The molecule has 5 heteroatoms. The molecule has 1 heterocycles. The van der Waals surface area contributed by atoms with Gasteiger partial charge in [0.2, 0.25) is 0 Å². The fourth-order valence-corrected chi connectivity index (χ4v) is 2.14. The zero-order chi connectivity index (χ0) is 11.5. The van der Waals surface area contributed by atoms with Gasteiger partial charge in [0.05, 0.1) is 11.3 Å². The largest absolute Gasteiger partial charge is 0.362 e. The summed E-state index contributed by atoms with van der Waals surface area (Å²) in [6, 6.07) is 3.79. The predicted molar refractivity (Wildman–Crippen MR) is 61.6 cm³/mol. The summed E-state index contributed by atoms with van der Waals surface area (Å²) in [5.41, 5.74) is 0.263. The third-order valence-corrected chi connectivity index (χ3v) is 2.85. The summed E-state index contributed by atoms with van der Waals surface area (Å²) in [6.45, 7) is 2.66. The van der Waals surface area contributed by atoms with Gasteiger partial charge < -0.3 is 5.32 Å². The highest BCUT2D eigenvalue weighted by Gasteiger charge is 2.13. The monoisotopic (exact) mass is 240 g/mol. The second-order valence-electron chi connectivity index (χ2n) is 3.16. The number of thiazole rings is 1. The molecule has 0 atom stereocenters. The summed E-state index contributed by atoms with van der Waals surface area (Å²) in [5, 5.41) is 5.30. The number of hydrogen-bond acceptors (Lipinski definition) is 3. The summed E-state index contributed by atoms with van der Waals surface area (Å²) >= 11 is 1.33. The number of hydrogen-bond donors (Lipinski definition) is 1. The normalized spacial score (nSPS) is 10.4. The van der Waals surface area contributed by atoms with E-state index in [1.807, 2.05) is 6.92 Å². The van der Waals surface area contributed by atoms with Crippen molar-refractivity contribution in [3.63, 3.8) is 0 Å². The number of aromatic nitrogens is 1. The van der Waals surface area contributed by atoms with E-state index in [1.165, 1.54) is 29.5 Å². The molecule has 0 radical (unpaired) electrons. The van der Waals surface area contributed by atoms with E-state index < -0.39 is 11.6 Å². The minimum atomic E-state index is -0.589. The zero-order valence-corrected chi connectivity index (χ0v) is 9.44. The lowest BCUT2D eigenvalue weighted by molar-refractivity contribution is 0.589. The van der Waals surface area contributed by atoms with Gasteiger partial charge in [0.25, 0.3) is 0 Å². The van der Waals surface area contributed by atoms with Gasteiger partial charge in [0.1, 0.15) is 11.6 Å². The Morgan fingerprint density at radius 3 is 2.62 bits per heavy atom. The molecule has 0 bridgehead atoms. The van der Waals surface area contributed by atoms with Crippen LogP contribution in [-0.4, -0.2) is 11.5 Å². The first kappa shape index (κ1) is 11.0. The van der Waals surface area contributed by atoms with Crippen LogP contribution in [0.15, 0.2) is 23.6 Å². The van der Waals surface area contributed by atoms with Gasteiger partial charge in [-0.3, -0.25) is 0 Å². The molecule has 2 aromatic rings. The minimum Gasteiger partial charge on any atom is -0.362 e. The van der Waals surface area contributed by atoms with Gasteiger partial charge in [-0.05, 0) is 19.1 Å². The third-order valence-electron chi connectivity index (χ3n) is 2.05. The van der Waals surface area contributed by atoms with E-state index in [0.717, 1.165) is 6.54 Å². The van der Waals surface area contributed by atoms with E-state index in [4.69, 9.17) is 0 Å². The Labute approximate surface area is 96.0 Å². The molecule has 84 valence electrons. The molecule has 1 N–H and O–H groups in total. The molecule has 16 heavy (non-hydrogen) atoms. The second kappa shape index (κ2) is 4.57. The van der Waals surface area contributed by atoms with E-state index in [9.17, 15) is 8.78 Å². The fourth-order valence-electron chi connectivity index (χ4n) is 1.36. The molecule has 0 spiro atoms. The standard InChI is InChI=1S/C11H10F2N2S/c1-2-14-11-15-9(6-16-11)10-7(12)4-3-5-8(10)13/h3-6H,2H2,1H3,(H,14,15). The molecular formula is C11H10F2N2S. The smallest absolute Gasteiger partial charge is 0.183 e. The molecule has 0 amide bonds. The average molecular weight is 240 g/mol. The lowest BCUT2D eigenvalue weighted by Crippen LogP contribution is -1.96. The molecule has 2 rings (SSSR count). The number of benzene rings is 1. The van der Waals surface area contributed by atoms with Crippen LogP contribution in [0, 0.1) is 11.6 Å². The molecule has 0 aliphatic heterocycles. The van der Waals surface area contributed by atoms with Crippen molar-refractivity contribution in [3.8, 4) is 11.3 Å². The van der Waals surface area contributed by atoms with Gasteiger partial charge >= 0.3 is 0 Å². The lowest BCUT2D eigenvalue weighted by Gasteiger charge is -2.00. The third kappa shape index (κ3) is 2.04. The Morgan fingerprint density at radius 1 is 1.31 bits per heavy atom. The molecule has 1 aromatic heterocycles. The van der Waals surface area contributed by atoms with Crippen molar-refractivity contribution >= 4 is 16.5 Å². The van der Waals surface area contributed by atoms with Crippen molar-refractivity contribution in [2.45, 2.75) is 6.92 Å². The number of rotatable bonds is 3. The highest BCUT2D eigenvalue weighted by molar-refractivity contribution is 7.14. The van der Waals surface area contributed by atoms with Gasteiger partial charge in [-0.1, -0.05) is 6.07 Å². The van der Waals surface area contributed by atoms with Crippen LogP contribution in [-0.2, 0) is 0 Å². The molecule has 0 unspecified atom stereocenters. The van der Waals surface area contributed by atoms with E-state index in [1.54, 1.807) is 5.38 Å². The van der Waals surface area contributed by atoms with Crippen LogP contribution in [0.1, 0.15) is 6.92 Å². The summed E-state index contributed by atoms with van der Waals surface area (Å²) in [6.07, 6.45) is 0. The summed E-state index contributed by atoms with van der Waals surface area (Å²) in [5.74, 6) is -1.18. The molecule has 0 aliphatic carbocycles. The van der Waals surface area contributed by atoms with Gasteiger partial charge in [-0.15, -0.1) is 11.3 Å². The molecular weight excluding hydrogens is 230 g/mol. The highest BCUT2D eigenvalue weighted by atomic mass is 32.1. The molecule has 0 aliphatic rings. The van der Waals surface area contributed by atoms with Crippen LogP contribution in [0.2, 0.25) is 0 Å². The minimum absolute atomic E-state index is 0.0668. The molecule has 2 nitrogen and oxygen atoms in total. The fraction of sp³-hybridized carbons (Fsp3) is 0.182. The van der Waals surface area contributed by atoms with E-state index in [0.29, 0.717) is 10.8 Å². The van der Waals surface area contributed by atoms with E-state index >= 15 is 0 Å². The molecule has 0 fully saturated rings. The van der Waals surface area contributed by atoms with Crippen LogP contribution < -0.4 is 5.32 Å². The number of nitrogens with zero attached hydrogens (tertiary/aromatic N) is 1. The topological polar surface area (TPSA) is 24.9 Å². The first-order chi connectivity index (χ1) is 7.72. The summed E-state index contributed by atoms with van der Waals surface area (Å²) in [4.78, 5) is 4.12. The van der Waals surface area contributed by atoms with E-state index in [-0.39, 0.29) is 5.56 Å². The summed E-state index contributed by atoms with van der Waals surface area (Å²) in [7, 11) is 0. The van der Waals surface area contributed by atoms with E-state index in [2.05, 4.69) is 10.3 Å². The number of halogens is 2. The van der Waals surface area contributed by atoms with Crippen LogP contribution in [0.4, 0.5) is 13.9 Å². The lowest BCUT2D eigenvalue weighted by atomic mass is 10.1. The van der Waals surface area contributed by atoms with Crippen LogP contribution in [0.3, 0.4) is 0 Å². The maximum absolute atomic E-state index is 13.4. The Hall–Kier alpha value is -1.49. The molecule has 0 saturated carbocycles. The molecule has 1 aromatic carbocycles. The van der Waals surface area contributed by atoms with Crippen molar-refractivity contribution in [2.24, 2.45) is 0 Å². The molecule has 0 saturated heterocycles. The SMILES string of the molecule is CCNc1nc(-c2c(F)cccc2F)cs1. The Bertz CT molecular complexity index is 476. The maximum atomic E-state index is 13.4. The predicted octanol–water partition coefficient (Wildman–Crippen LogP) is 3.52. The Kier molecular flexibility index (Phi) is 3.14.